The number of fused-ring (bicyclic) bond motifs is 1. The molecule has 2 heterocycles. The molecule has 1 saturated heterocycles. The van der Waals surface area contributed by atoms with Crippen molar-refractivity contribution in [1.82, 2.24) is 9.88 Å². The third-order valence-corrected chi connectivity index (χ3v) is 6.27. The zero-order chi connectivity index (χ0) is 19.5. The molecule has 1 aromatic carbocycles. The van der Waals surface area contributed by atoms with Gasteiger partial charge in [0, 0.05) is 17.1 Å². The molecule has 1 saturated carbocycles. The summed E-state index contributed by atoms with van der Waals surface area (Å²) in [5.41, 5.74) is 0.723. The van der Waals surface area contributed by atoms with Crippen molar-refractivity contribution in [2.45, 2.75) is 45.1 Å². The molecule has 4 rings (SSSR count). The fraction of sp³-hybridized carbons (Fsp3) is 0.545. The molecule has 0 atom stereocenters. The van der Waals surface area contributed by atoms with Crippen LogP contribution < -0.4 is 15.1 Å². The van der Waals surface area contributed by atoms with Gasteiger partial charge in [-0.25, -0.2) is 0 Å². The average Bonchev–Trinajstić information content (AvgIpc) is 2.75. The van der Waals surface area contributed by atoms with Gasteiger partial charge in [0.05, 0.1) is 38.8 Å². The number of hydrogen-bond acceptors (Lipinski definition) is 3. The van der Waals surface area contributed by atoms with Gasteiger partial charge in [0.25, 0.3) is 5.91 Å². The van der Waals surface area contributed by atoms with Gasteiger partial charge in [-0.2, -0.15) is 0 Å². The van der Waals surface area contributed by atoms with E-state index in [0.29, 0.717) is 17.7 Å². The predicted octanol–water partition coefficient (Wildman–Crippen LogP) is 1.60. The second-order valence-corrected chi connectivity index (χ2v) is 7.96. The Hall–Kier alpha value is -2.34. The topological polar surface area (TPSA) is 66.8 Å². The Bertz CT molecular complexity index is 894. The van der Waals surface area contributed by atoms with Crippen LogP contribution in [0.1, 0.15) is 49.4 Å². The van der Waals surface area contributed by atoms with E-state index in [2.05, 4.69) is 4.98 Å². The standard InChI is InChI=1S/C22H29N3O3/c1-2-28-17-8-9-20-18(14-17)21(26)19(15-23-20)22(27)25-12-10-24(11-13-25)16-6-4-3-5-7-16/h8-9,14-16H,2-7,10-13H2,1H3,(H,23,26)/p+1. The highest BCUT2D eigenvalue weighted by molar-refractivity contribution is 5.97. The number of amides is 1. The third kappa shape index (κ3) is 3.78. The molecule has 6 nitrogen and oxygen atoms in total. The van der Waals surface area contributed by atoms with Gasteiger partial charge >= 0.3 is 0 Å². The number of benzene rings is 1. The van der Waals surface area contributed by atoms with Crippen molar-refractivity contribution in [2.75, 3.05) is 32.8 Å². The number of nitrogens with one attached hydrogen (secondary N) is 2. The fourth-order valence-electron chi connectivity index (χ4n) is 4.70. The van der Waals surface area contributed by atoms with Crippen molar-refractivity contribution in [1.29, 1.82) is 0 Å². The minimum absolute atomic E-state index is 0.160. The number of rotatable bonds is 4. The van der Waals surface area contributed by atoms with Gasteiger partial charge in [-0.3, -0.25) is 9.59 Å². The van der Waals surface area contributed by atoms with Crippen LogP contribution in [0.15, 0.2) is 29.2 Å². The highest BCUT2D eigenvalue weighted by Crippen LogP contribution is 2.18. The predicted molar refractivity (Wildman–Crippen MR) is 109 cm³/mol. The number of piperazine rings is 1. The van der Waals surface area contributed by atoms with E-state index in [9.17, 15) is 9.59 Å². The van der Waals surface area contributed by atoms with E-state index in [-0.39, 0.29) is 16.9 Å². The molecule has 28 heavy (non-hydrogen) atoms. The molecule has 0 bridgehead atoms. The molecule has 2 N–H and O–H groups in total. The first-order valence-electron chi connectivity index (χ1n) is 10.6. The summed E-state index contributed by atoms with van der Waals surface area (Å²) in [7, 11) is 0. The Morgan fingerprint density at radius 3 is 2.68 bits per heavy atom. The molecule has 2 aliphatic rings. The third-order valence-electron chi connectivity index (χ3n) is 6.27. The number of H-pyrrole nitrogens is 1. The Kier molecular flexibility index (Phi) is 5.67. The Morgan fingerprint density at radius 1 is 1.21 bits per heavy atom. The van der Waals surface area contributed by atoms with Crippen molar-refractivity contribution in [2.24, 2.45) is 0 Å². The lowest BCUT2D eigenvalue weighted by Crippen LogP contribution is -3.18. The molecule has 2 aromatic rings. The number of quaternary nitrogens is 1. The van der Waals surface area contributed by atoms with E-state index in [1.54, 1.807) is 17.2 Å². The first-order chi connectivity index (χ1) is 13.7. The second-order valence-electron chi connectivity index (χ2n) is 7.96. The molecule has 6 heteroatoms. The smallest absolute Gasteiger partial charge is 0.259 e. The largest absolute Gasteiger partial charge is 0.494 e. The SMILES string of the molecule is CCOc1ccc2[nH]cc(C(=O)N3CC[NH+](C4CCCCC4)CC3)c(=O)c2c1. The normalized spacial score (nSPS) is 19.1. The number of ether oxygens (including phenoxy) is 1. The summed E-state index contributed by atoms with van der Waals surface area (Å²) < 4.78 is 5.50. The number of pyridine rings is 1. The molecular formula is C22H30N3O3+. The van der Waals surface area contributed by atoms with Gasteiger partial charge in [-0.1, -0.05) is 6.42 Å². The lowest BCUT2D eigenvalue weighted by molar-refractivity contribution is -0.930. The molecular weight excluding hydrogens is 354 g/mol. The molecule has 2 fully saturated rings. The number of hydrogen-bond donors (Lipinski definition) is 2. The molecule has 1 aromatic heterocycles. The van der Waals surface area contributed by atoms with Gasteiger partial charge in [-0.15, -0.1) is 0 Å². The van der Waals surface area contributed by atoms with Crippen molar-refractivity contribution in [3.05, 3.63) is 40.2 Å². The number of nitrogens with zero attached hydrogens (tertiary/aromatic N) is 1. The minimum atomic E-state index is -0.220. The van der Waals surface area contributed by atoms with Crippen LogP contribution in [0.25, 0.3) is 10.9 Å². The highest BCUT2D eigenvalue weighted by atomic mass is 16.5. The second kappa shape index (κ2) is 8.35. The van der Waals surface area contributed by atoms with Crippen molar-refractivity contribution >= 4 is 16.8 Å². The fourth-order valence-corrected chi connectivity index (χ4v) is 4.70. The van der Waals surface area contributed by atoms with Crippen LogP contribution in [0.5, 0.6) is 5.75 Å². The summed E-state index contributed by atoms with van der Waals surface area (Å²) in [6.07, 6.45) is 8.24. The van der Waals surface area contributed by atoms with Gasteiger partial charge in [0.1, 0.15) is 11.3 Å². The molecule has 0 radical (unpaired) electrons. The summed E-state index contributed by atoms with van der Waals surface area (Å²) in [5, 5.41) is 0.503. The van der Waals surface area contributed by atoms with E-state index in [4.69, 9.17) is 4.74 Å². The summed E-state index contributed by atoms with van der Waals surface area (Å²) in [4.78, 5) is 32.6. The number of carbonyl (C=O) groups excluding carboxylic acids is 1. The van der Waals surface area contributed by atoms with Gasteiger partial charge < -0.3 is 19.5 Å². The Labute approximate surface area is 165 Å². The Morgan fingerprint density at radius 2 is 1.96 bits per heavy atom. The van der Waals surface area contributed by atoms with Crippen LogP contribution in [0, 0.1) is 0 Å². The zero-order valence-electron chi connectivity index (χ0n) is 16.6. The zero-order valence-corrected chi connectivity index (χ0v) is 16.6. The monoisotopic (exact) mass is 384 g/mol. The maximum atomic E-state index is 13.0. The van der Waals surface area contributed by atoms with E-state index >= 15 is 0 Å². The van der Waals surface area contributed by atoms with Gasteiger partial charge in [0.15, 0.2) is 0 Å². The van der Waals surface area contributed by atoms with Crippen LogP contribution in [0.4, 0.5) is 0 Å². The maximum Gasteiger partial charge on any atom is 0.259 e. The van der Waals surface area contributed by atoms with E-state index in [0.717, 1.165) is 37.7 Å². The lowest BCUT2D eigenvalue weighted by Gasteiger charge is -2.38. The van der Waals surface area contributed by atoms with Gasteiger partial charge in [0.2, 0.25) is 5.43 Å². The summed E-state index contributed by atoms with van der Waals surface area (Å²) >= 11 is 0. The number of aromatic amines is 1. The molecule has 1 amide bonds. The van der Waals surface area contributed by atoms with Crippen molar-refractivity contribution < 1.29 is 14.4 Å². The maximum absolute atomic E-state index is 13.0. The van der Waals surface area contributed by atoms with E-state index in [1.165, 1.54) is 32.1 Å². The van der Waals surface area contributed by atoms with Crippen molar-refractivity contribution in [3.8, 4) is 5.75 Å². The van der Waals surface area contributed by atoms with Crippen LogP contribution >= 0.6 is 0 Å². The van der Waals surface area contributed by atoms with E-state index in [1.807, 2.05) is 24.0 Å². The highest BCUT2D eigenvalue weighted by Gasteiger charge is 2.31. The van der Waals surface area contributed by atoms with E-state index < -0.39 is 0 Å². The molecule has 1 aliphatic carbocycles. The quantitative estimate of drug-likeness (QED) is 0.842. The lowest BCUT2D eigenvalue weighted by atomic mass is 9.94. The van der Waals surface area contributed by atoms with Gasteiger partial charge in [-0.05, 0) is 50.8 Å². The summed E-state index contributed by atoms with van der Waals surface area (Å²) in [6.45, 7) is 5.86. The van der Waals surface area contributed by atoms with Crippen LogP contribution in [0.3, 0.4) is 0 Å². The number of carbonyl (C=O) groups is 1. The number of aromatic nitrogens is 1. The molecule has 0 spiro atoms. The van der Waals surface area contributed by atoms with Crippen LogP contribution in [-0.4, -0.2) is 54.6 Å². The summed E-state index contributed by atoms with van der Waals surface area (Å²) in [6, 6.07) is 6.13. The molecule has 0 unspecified atom stereocenters. The first-order valence-corrected chi connectivity index (χ1v) is 10.6. The molecule has 1 aliphatic heterocycles. The average molecular weight is 385 g/mol. The first kappa shape index (κ1) is 19.0. The molecule has 150 valence electrons. The minimum Gasteiger partial charge on any atom is -0.494 e. The van der Waals surface area contributed by atoms with Crippen LogP contribution in [0.2, 0.25) is 0 Å². The Balaban J connectivity index is 1.49. The van der Waals surface area contributed by atoms with Crippen molar-refractivity contribution in [3.63, 3.8) is 0 Å². The summed E-state index contributed by atoms with van der Waals surface area (Å²) in [5.74, 6) is 0.488. The van der Waals surface area contributed by atoms with Crippen LogP contribution in [-0.2, 0) is 0 Å².